The third-order valence-corrected chi connectivity index (χ3v) is 8.00. The average molecular weight is 494 g/mol. The van der Waals surface area contributed by atoms with Crippen molar-refractivity contribution in [2.75, 3.05) is 24.7 Å². The van der Waals surface area contributed by atoms with Crippen LogP contribution in [-0.2, 0) is 10.5 Å². The minimum Gasteiger partial charge on any atom is -0.378 e. The van der Waals surface area contributed by atoms with E-state index >= 15 is 0 Å². The van der Waals surface area contributed by atoms with Crippen molar-refractivity contribution < 1.29 is 4.79 Å². The predicted molar refractivity (Wildman–Crippen MR) is 141 cm³/mol. The number of hydrazone groups is 1. The van der Waals surface area contributed by atoms with Gasteiger partial charge in [-0.05, 0) is 34.0 Å². The number of anilines is 1. The molecule has 168 valence electrons. The maximum absolute atomic E-state index is 12.1. The number of carbonyl (C=O) groups is 1. The summed E-state index contributed by atoms with van der Waals surface area (Å²) in [6, 6.07) is 22.7. The van der Waals surface area contributed by atoms with Crippen LogP contribution in [0.3, 0.4) is 0 Å². The molecule has 0 fully saturated rings. The van der Waals surface area contributed by atoms with Crippen LogP contribution < -0.4 is 10.3 Å². The molecule has 0 saturated carbocycles. The van der Waals surface area contributed by atoms with Crippen molar-refractivity contribution in [2.45, 2.75) is 14.4 Å². The number of carbonyl (C=O) groups excluding carboxylic acids is 1. The molecule has 6 nitrogen and oxygen atoms in total. The summed E-state index contributed by atoms with van der Waals surface area (Å²) in [6.07, 6.45) is 1.63. The smallest absolute Gasteiger partial charge is 0.250 e. The molecular weight excluding hydrogens is 470 g/mol. The Balaban J connectivity index is 1.23. The first-order valence-corrected chi connectivity index (χ1v) is 13.0. The monoisotopic (exact) mass is 493 g/mol. The van der Waals surface area contributed by atoms with Crippen molar-refractivity contribution in [3.63, 3.8) is 0 Å². The highest BCUT2D eigenvalue weighted by molar-refractivity contribution is 8.03. The lowest BCUT2D eigenvalue weighted by Gasteiger charge is -2.11. The van der Waals surface area contributed by atoms with E-state index in [1.165, 1.54) is 39.4 Å². The normalized spacial score (nSPS) is 11.2. The highest BCUT2D eigenvalue weighted by atomic mass is 32.2. The van der Waals surface area contributed by atoms with Crippen molar-refractivity contribution in [1.82, 2.24) is 15.6 Å². The molecule has 3 aromatic carbocycles. The molecule has 0 aliphatic carbocycles. The predicted octanol–water partition coefficient (Wildman–Crippen LogP) is 5.29. The maximum atomic E-state index is 12.1. The van der Waals surface area contributed by atoms with Crippen LogP contribution in [0.15, 0.2) is 80.5 Å². The molecule has 0 saturated heterocycles. The van der Waals surface area contributed by atoms with Crippen molar-refractivity contribution in [3.05, 3.63) is 77.9 Å². The molecule has 1 amide bonds. The summed E-state index contributed by atoms with van der Waals surface area (Å²) in [4.78, 5) is 14.1. The van der Waals surface area contributed by atoms with Gasteiger partial charge in [0.1, 0.15) is 0 Å². The average Bonchev–Trinajstić information content (AvgIpc) is 3.29. The fraction of sp³-hybridized carbons (Fsp3) is 0.167. The fourth-order valence-corrected chi connectivity index (χ4v) is 5.89. The highest BCUT2D eigenvalue weighted by Gasteiger charge is 2.09. The zero-order valence-electron chi connectivity index (χ0n) is 18.3. The minimum absolute atomic E-state index is 0.179. The zero-order valence-corrected chi connectivity index (χ0v) is 20.7. The summed E-state index contributed by atoms with van der Waals surface area (Å²) in [7, 11) is 3.98. The second-order valence-electron chi connectivity index (χ2n) is 7.33. The molecule has 0 radical (unpaired) electrons. The first kappa shape index (κ1) is 23.3. The first-order valence-electron chi connectivity index (χ1n) is 10.2. The second kappa shape index (κ2) is 11.3. The lowest BCUT2D eigenvalue weighted by atomic mass is 10.1. The first-order chi connectivity index (χ1) is 16.1. The number of nitrogens with one attached hydrogen (secondary N) is 1. The number of rotatable bonds is 9. The van der Waals surface area contributed by atoms with Gasteiger partial charge in [0.2, 0.25) is 0 Å². The van der Waals surface area contributed by atoms with Crippen LogP contribution >= 0.6 is 34.9 Å². The van der Waals surface area contributed by atoms with Crippen LogP contribution in [0.25, 0.3) is 10.8 Å². The molecule has 0 unspecified atom stereocenters. The number of fused-ring (bicyclic) bond motifs is 1. The van der Waals surface area contributed by atoms with Gasteiger partial charge in [-0.3, -0.25) is 4.79 Å². The molecule has 0 atom stereocenters. The van der Waals surface area contributed by atoms with Crippen LogP contribution in [-0.4, -0.2) is 42.2 Å². The third kappa shape index (κ3) is 6.56. The fourth-order valence-electron chi connectivity index (χ4n) is 3.07. The number of hydrogen-bond acceptors (Lipinski definition) is 8. The van der Waals surface area contributed by atoms with Crippen molar-refractivity contribution in [3.8, 4) is 0 Å². The van der Waals surface area contributed by atoms with Crippen LogP contribution in [0.4, 0.5) is 5.69 Å². The topological polar surface area (TPSA) is 70.5 Å². The molecule has 4 rings (SSSR count). The molecule has 0 spiro atoms. The Morgan fingerprint density at radius 1 is 1.00 bits per heavy atom. The van der Waals surface area contributed by atoms with E-state index in [1.807, 2.05) is 43.3 Å². The van der Waals surface area contributed by atoms with E-state index in [2.05, 4.69) is 63.2 Å². The summed E-state index contributed by atoms with van der Waals surface area (Å²) >= 11 is 4.53. The van der Waals surface area contributed by atoms with Gasteiger partial charge in [0, 0.05) is 25.5 Å². The Morgan fingerprint density at radius 3 is 2.52 bits per heavy atom. The van der Waals surface area contributed by atoms with Crippen LogP contribution in [0, 0.1) is 0 Å². The van der Waals surface area contributed by atoms with Gasteiger partial charge < -0.3 is 4.90 Å². The number of amides is 1. The van der Waals surface area contributed by atoms with Crippen molar-refractivity contribution in [2.24, 2.45) is 5.10 Å². The van der Waals surface area contributed by atoms with Gasteiger partial charge >= 0.3 is 0 Å². The highest BCUT2D eigenvalue weighted by Crippen LogP contribution is 2.32. The Kier molecular flexibility index (Phi) is 7.98. The SMILES string of the molecule is CN(C)c1ccc(/C=N/NC(=O)CSc2nnc(SCc3cccc4ccccc34)s2)cc1. The summed E-state index contributed by atoms with van der Waals surface area (Å²) in [5, 5.41) is 15.0. The van der Waals surface area contributed by atoms with Gasteiger partial charge in [0.25, 0.3) is 5.91 Å². The van der Waals surface area contributed by atoms with E-state index in [1.54, 1.807) is 18.0 Å². The molecule has 9 heteroatoms. The molecule has 1 N–H and O–H groups in total. The van der Waals surface area contributed by atoms with E-state index in [4.69, 9.17) is 0 Å². The Labute approximate surface area is 205 Å². The van der Waals surface area contributed by atoms with Crippen LogP contribution in [0.1, 0.15) is 11.1 Å². The van der Waals surface area contributed by atoms with Gasteiger partial charge in [-0.15, -0.1) is 10.2 Å². The van der Waals surface area contributed by atoms with E-state index in [0.717, 1.165) is 25.7 Å². The van der Waals surface area contributed by atoms with E-state index in [0.29, 0.717) is 0 Å². The maximum Gasteiger partial charge on any atom is 0.250 e. The molecule has 33 heavy (non-hydrogen) atoms. The summed E-state index contributed by atoms with van der Waals surface area (Å²) < 4.78 is 1.67. The summed E-state index contributed by atoms with van der Waals surface area (Å²) in [5.41, 5.74) is 5.87. The zero-order chi connectivity index (χ0) is 23.0. The van der Waals surface area contributed by atoms with Gasteiger partial charge in [-0.2, -0.15) is 5.10 Å². The molecular formula is C24H23N5OS3. The van der Waals surface area contributed by atoms with Crippen LogP contribution in [0.2, 0.25) is 0 Å². The molecule has 1 aromatic heterocycles. The van der Waals surface area contributed by atoms with Crippen molar-refractivity contribution in [1.29, 1.82) is 0 Å². The summed E-state index contributed by atoms with van der Waals surface area (Å²) in [5.74, 6) is 0.881. The number of nitrogens with zero attached hydrogens (tertiary/aromatic N) is 4. The largest absolute Gasteiger partial charge is 0.378 e. The number of aromatic nitrogens is 2. The molecule has 0 aliphatic rings. The number of hydrogen-bond donors (Lipinski definition) is 1. The van der Waals surface area contributed by atoms with Crippen LogP contribution in [0.5, 0.6) is 0 Å². The Hall–Kier alpha value is -2.88. The summed E-state index contributed by atoms with van der Waals surface area (Å²) in [6.45, 7) is 0. The van der Waals surface area contributed by atoms with Gasteiger partial charge in [-0.1, -0.05) is 89.5 Å². The third-order valence-electron chi connectivity index (χ3n) is 4.76. The Bertz CT molecular complexity index is 1250. The second-order valence-corrected chi connectivity index (χ2v) is 10.8. The van der Waals surface area contributed by atoms with Crippen molar-refractivity contribution >= 4 is 63.4 Å². The van der Waals surface area contributed by atoms with E-state index in [9.17, 15) is 4.79 Å². The quantitative estimate of drug-likeness (QED) is 0.194. The van der Waals surface area contributed by atoms with Gasteiger partial charge in [0.05, 0.1) is 12.0 Å². The molecule has 1 heterocycles. The lowest BCUT2D eigenvalue weighted by molar-refractivity contribution is -0.118. The lowest BCUT2D eigenvalue weighted by Crippen LogP contribution is -2.19. The number of thioether (sulfide) groups is 2. The van der Waals surface area contributed by atoms with E-state index in [-0.39, 0.29) is 11.7 Å². The van der Waals surface area contributed by atoms with Gasteiger partial charge in [-0.25, -0.2) is 5.43 Å². The number of benzene rings is 3. The molecule has 0 bridgehead atoms. The van der Waals surface area contributed by atoms with Gasteiger partial charge in [0.15, 0.2) is 8.68 Å². The van der Waals surface area contributed by atoms with E-state index < -0.39 is 0 Å². The molecule has 4 aromatic rings. The Morgan fingerprint density at radius 2 is 1.73 bits per heavy atom. The molecule has 0 aliphatic heterocycles. The standard InChI is InChI=1S/C24H23N5OS3/c1-29(2)20-12-10-17(11-13-20)14-25-26-22(30)16-32-24-28-27-23(33-24)31-15-19-8-5-7-18-6-3-4-9-21(18)19/h3-14H,15-16H2,1-2H3,(H,26,30)/b25-14+. The minimum atomic E-state index is -0.179.